The molecule has 10 nitrogen and oxygen atoms in total. The first-order valence-electron chi connectivity index (χ1n) is 15.3. The number of ether oxygens (including phenoxy) is 1. The summed E-state index contributed by atoms with van der Waals surface area (Å²) < 4.78 is 5.93. The molecule has 0 radical (unpaired) electrons. The molecule has 1 atom stereocenters. The Bertz CT molecular complexity index is 2450. The van der Waals surface area contributed by atoms with Gasteiger partial charge in [0, 0.05) is 58.6 Å². The predicted octanol–water partition coefficient (Wildman–Crippen LogP) is 8.09. The minimum Gasteiger partial charge on any atom is -0.507 e. The topological polar surface area (TPSA) is 155 Å². The number of rotatable bonds is 9. The van der Waals surface area contributed by atoms with Gasteiger partial charge in [-0.1, -0.05) is 72.8 Å². The largest absolute Gasteiger partial charge is 0.507 e. The Balaban J connectivity index is 1.34. The summed E-state index contributed by atoms with van der Waals surface area (Å²) in [6.45, 7) is 0. The number of non-ortho nitro benzene ring substituents is 1. The number of nitrogens with one attached hydrogen (secondary N) is 1. The molecule has 0 aliphatic rings. The summed E-state index contributed by atoms with van der Waals surface area (Å²) in [7, 11) is 0. The molecule has 3 N–H and O–H groups in total. The molecule has 1 aromatic heterocycles. The highest BCUT2D eigenvalue weighted by atomic mass is 16.6. The van der Waals surface area contributed by atoms with Crippen LogP contribution in [-0.4, -0.2) is 44.3 Å². The Labute approximate surface area is 278 Å². The summed E-state index contributed by atoms with van der Waals surface area (Å²) >= 11 is 0. The number of phenolic OH excluding ortho intramolecular Hbond substituents is 1. The zero-order chi connectivity index (χ0) is 34.1. The van der Waals surface area contributed by atoms with Crippen LogP contribution in [0.4, 0.5) is 5.69 Å². The highest BCUT2D eigenvalue weighted by molar-refractivity contribution is 6.13. The summed E-state index contributed by atoms with van der Waals surface area (Å²) in [4.78, 5) is 43.9. The van der Waals surface area contributed by atoms with E-state index in [0.717, 1.165) is 27.2 Å². The molecule has 0 fully saturated rings. The Morgan fingerprint density at radius 3 is 2.20 bits per heavy atom. The van der Waals surface area contributed by atoms with Crippen molar-refractivity contribution in [2.24, 2.45) is 4.99 Å². The maximum atomic E-state index is 13.4. The molecule has 0 saturated heterocycles. The number of carbonyl (C=O) groups is 2. The first-order valence-corrected chi connectivity index (χ1v) is 15.3. The molecule has 49 heavy (non-hydrogen) atoms. The lowest BCUT2D eigenvalue weighted by Gasteiger charge is -2.18. The number of aromatic hydroxyl groups is 1. The van der Waals surface area contributed by atoms with Gasteiger partial charge in [0.2, 0.25) is 0 Å². The summed E-state index contributed by atoms with van der Waals surface area (Å²) in [6.07, 6.45) is 3.28. The molecule has 1 heterocycles. The van der Waals surface area contributed by atoms with Gasteiger partial charge in [0.25, 0.3) is 5.69 Å². The molecular weight excluding hydrogens is 622 g/mol. The number of aliphatic imine (C=N–C) groups is 1. The molecular formula is C39H27N3O7. The third-order valence-electron chi connectivity index (χ3n) is 8.48. The van der Waals surface area contributed by atoms with Gasteiger partial charge >= 0.3 is 11.9 Å². The molecule has 0 saturated carbocycles. The molecule has 6 aromatic carbocycles. The third-order valence-corrected chi connectivity index (χ3v) is 8.48. The van der Waals surface area contributed by atoms with Crippen molar-refractivity contribution in [3.05, 3.63) is 148 Å². The van der Waals surface area contributed by atoms with Crippen molar-refractivity contribution >= 4 is 56.3 Å². The zero-order valence-electron chi connectivity index (χ0n) is 25.7. The van der Waals surface area contributed by atoms with E-state index in [2.05, 4.69) is 9.98 Å². The molecule has 0 unspecified atom stereocenters. The highest BCUT2D eigenvalue weighted by Gasteiger charge is 2.23. The molecule has 0 aliphatic heterocycles. The van der Waals surface area contributed by atoms with E-state index in [9.17, 15) is 29.9 Å². The lowest BCUT2D eigenvalue weighted by atomic mass is 9.90. The zero-order valence-corrected chi connectivity index (χ0v) is 25.7. The van der Waals surface area contributed by atoms with Gasteiger partial charge in [0.15, 0.2) is 6.04 Å². The second-order valence-corrected chi connectivity index (χ2v) is 11.5. The number of aromatic nitrogens is 1. The molecule has 7 rings (SSSR count). The number of hydrogen-bond donors (Lipinski definition) is 3. The number of H-pyrrole nitrogens is 1. The number of nitro benzene ring substituents is 1. The van der Waals surface area contributed by atoms with E-state index in [1.54, 1.807) is 24.4 Å². The molecule has 0 spiro atoms. The summed E-state index contributed by atoms with van der Waals surface area (Å²) in [5, 5.41) is 37.0. The van der Waals surface area contributed by atoms with Crippen LogP contribution in [0.3, 0.4) is 0 Å². The van der Waals surface area contributed by atoms with Gasteiger partial charge in [-0.15, -0.1) is 0 Å². The predicted molar refractivity (Wildman–Crippen MR) is 188 cm³/mol. The van der Waals surface area contributed by atoms with Crippen LogP contribution >= 0.6 is 0 Å². The van der Waals surface area contributed by atoms with Crippen molar-refractivity contribution in [1.82, 2.24) is 4.98 Å². The first kappa shape index (κ1) is 30.8. The van der Waals surface area contributed by atoms with Gasteiger partial charge in [-0.05, 0) is 57.4 Å². The highest BCUT2D eigenvalue weighted by Crippen LogP contribution is 2.46. The number of aromatic amines is 1. The lowest BCUT2D eigenvalue weighted by Crippen LogP contribution is -2.20. The van der Waals surface area contributed by atoms with Crippen LogP contribution in [0.2, 0.25) is 0 Å². The van der Waals surface area contributed by atoms with Crippen LogP contribution in [0, 0.1) is 10.1 Å². The van der Waals surface area contributed by atoms with Crippen LogP contribution < -0.4 is 4.74 Å². The number of carboxylic acids is 1. The number of aliphatic carboxylic acids is 1. The van der Waals surface area contributed by atoms with E-state index in [1.807, 2.05) is 72.8 Å². The smallest absolute Gasteiger partial charge is 0.343 e. The number of benzene rings is 6. The molecule has 0 amide bonds. The SMILES string of the molecule is O=C(Oc1ccc2ccccc2c1-c1c(O)c(C=N[C@H](Cc2c[nH]c3ccccc23)C(=O)O)cc2ccccc12)c1ccc([N+](=O)[O-])cc1. The lowest BCUT2D eigenvalue weighted by molar-refractivity contribution is -0.384. The number of fused-ring (bicyclic) bond motifs is 3. The van der Waals surface area contributed by atoms with Gasteiger partial charge in [-0.2, -0.15) is 0 Å². The van der Waals surface area contributed by atoms with Crippen LogP contribution in [0.1, 0.15) is 21.5 Å². The molecule has 0 bridgehead atoms. The van der Waals surface area contributed by atoms with E-state index < -0.39 is 22.9 Å². The van der Waals surface area contributed by atoms with Crippen molar-refractivity contribution < 1.29 is 29.5 Å². The number of phenols is 1. The summed E-state index contributed by atoms with van der Waals surface area (Å²) in [5.41, 5.74) is 2.72. The molecule has 240 valence electrons. The Morgan fingerprint density at radius 1 is 0.837 bits per heavy atom. The van der Waals surface area contributed by atoms with Gasteiger partial charge in [0.1, 0.15) is 11.5 Å². The number of carbonyl (C=O) groups excluding carboxylic acids is 1. The van der Waals surface area contributed by atoms with Crippen molar-refractivity contribution in [2.75, 3.05) is 0 Å². The Kier molecular flexibility index (Phi) is 8.03. The van der Waals surface area contributed by atoms with E-state index in [4.69, 9.17) is 4.74 Å². The monoisotopic (exact) mass is 649 g/mol. The second-order valence-electron chi connectivity index (χ2n) is 11.5. The fraction of sp³-hybridized carbons (Fsp3) is 0.0513. The average molecular weight is 650 g/mol. The van der Waals surface area contributed by atoms with E-state index >= 15 is 0 Å². The van der Waals surface area contributed by atoms with Crippen LogP contribution in [-0.2, 0) is 11.2 Å². The van der Waals surface area contributed by atoms with Crippen molar-refractivity contribution in [2.45, 2.75) is 12.5 Å². The second kappa shape index (κ2) is 12.8. The number of nitrogens with zero attached hydrogens (tertiary/aromatic N) is 2. The van der Waals surface area contributed by atoms with E-state index in [-0.39, 0.29) is 34.7 Å². The van der Waals surface area contributed by atoms with E-state index in [0.29, 0.717) is 21.9 Å². The number of para-hydroxylation sites is 1. The van der Waals surface area contributed by atoms with Gasteiger partial charge < -0.3 is 19.9 Å². The molecule has 10 heteroatoms. The first-order chi connectivity index (χ1) is 23.8. The Hall–Kier alpha value is -6.81. The normalized spacial score (nSPS) is 12.1. The van der Waals surface area contributed by atoms with Crippen LogP contribution in [0.25, 0.3) is 43.6 Å². The van der Waals surface area contributed by atoms with Crippen LogP contribution in [0.15, 0.2) is 126 Å². The summed E-state index contributed by atoms with van der Waals surface area (Å²) in [5.74, 6) is -1.88. The van der Waals surface area contributed by atoms with Crippen LogP contribution in [0.5, 0.6) is 11.5 Å². The van der Waals surface area contributed by atoms with Crippen molar-refractivity contribution in [1.29, 1.82) is 0 Å². The minimum atomic E-state index is -1.13. The summed E-state index contributed by atoms with van der Waals surface area (Å²) in [6, 6.07) is 31.6. The third kappa shape index (κ3) is 5.94. The number of hydrogen-bond acceptors (Lipinski definition) is 7. The number of esters is 1. The molecule has 7 aromatic rings. The van der Waals surface area contributed by atoms with Gasteiger partial charge in [0.05, 0.1) is 10.5 Å². The van der Waals surface area contributed by atoms with E-state index in [1.165, 1.54) is 30.5 Å². The minimum absolute atomic E-state index is 0.106. The Morgan fingerprint density at radius 2 is 1.49 bits per heavy atom. The fourth-order valence-electron chi connectivity index (χ4n) is 6.07. The number of nitro groups is 1. The standard InChI is InChI=1S/C39H27N3O7/c43-37-27(22-41-33(38(44)45)20-26-21-40-32-12-6-5-9-29(26)32)19-25-8-2-4-11-31(25)36(37)35-30-10-3-1-7-23(30)15-18-34(35)49-39(46)24-13-16-28(17-14-24)42(47)48/h1-19,21-22,33,40,43H,20H2,(H,44,45)/t33-/m1/s1. The van der Waals surface area contributed by atoms with Gasteiger partial charge in [-0.3, -0.25) is 15.1 Å². The fourth-order valence-corrected chi connectivity index (χ4v) is 6.07. The quantitative estimate of drug-likeness (QED) is 0.0469. The average Bonchev–Trinajstić information content (AvgIpc) is 3.53. The van der Waals surface area contributed by atoms with Gasteiger partial charge in [-0.25, -0.2) is 9.59 Å². The van der Waals surface area contributed by atoms with Crippen molar-refractivity contribution in [3.8, 4) is 22.6 Å². The molecule has 0 aliphatic carbocycles. The van der Waals surface area contributed by atoms with Crippen molar-refractivity contribution in [3.63, 3.8) is 0 Å². The maximum absolute atomic E-state index is 13.4. The maximum Gasteiger partial charge on any atom is 0.343 e. The number of carboxylic acid groups (broad SMARTS) is 1.